The summed E-state index contributed by atoms with van der Waals surface area (Å²) in [5.74, 6) is 0.697. The molecule has 3 aromatic carbocycles. The fraction of sp³-hybridized carbons (Fsp3) is 0.125. The minimum atomic E-state index is -0.0911. The summed E-state index contributed by atoms with van der Waals surface area (Å²) in [4.78, 5) is 15.1. The second-order valence-electron chi connectivity index (χ2n) is 6.46. The molecule has 0 saturated carbocycles. The number of ether oxygens (including phenoxy) is 1. The van der Waals surface area contributed by atoms with Gasteiger partial charge in [-0.15, -0.1) is 0 Å². The van der Waals surface area contributed by atoms with E-state index in [4.69, 9.17) is 4.74 Å². The van der Waals surface area contributed by atoms with Crippen LogP contribution < -0.4 is 9.64 Å². The lowest BCUT2D eigenvalue weighted by atomic mass is 10.0. The SMILES string of the molecule is C=C(Cc1ccccc1)C(=O)N(Cc1ccc(OC)cc1)c1ccccc1Br. The van der Waals surface area contributed by atoms with Gasteiger partial charge in [-0.3, -0.25) is 4.79 Å². The number of anilines is 1. The lowest BCUT2D eigenvalue weighted by molar-refractivity contribution is -0.115. The minimum Gasteiger partial charge on any atom is -0.497 e. The molecule has 28 heavy (non-hydrogen) atoms. The Labute approximate surface area is 174 Å². The first kappa shape index (κ1) is 19.9. The Kier molecular flexibility index (Phi) is 6.66. The highest BCUT2D eigenvalue weighted by molar-refractivity contribution is 9.10. The van der Waals surface area contributed by atoms with Crippen LogP contribution in [0.4, 0.5) is 5.69 Å². The predicted molar refractivity (Wildman–Crippen MR) is 118 cm³/mol. The molecule has 0 aliphatic heterocycles. The predicted octanol–water partition coefficient (Wildman–Crippen LogP) is 5.79. The smallest absolute Gasteiger partial charge is 0.254 e. The van der Waals surface area contributed by atoms with E-state index >= 15 is 0 Å². The largest absolute Gasteiger partial charge is 0.497 e. The Morgan fingerprint density at radius 2 is 1.57 bits per heavy atom. The third kappa shape index (κ3) is 4.90. The molecule has 0 radical (unpaired) electrons. The standard InChI is InChI=1S/C24H22BrNO2/c1-18(16-19-8-4-3-5-9-19)24(27)26(23-11-7-6-10-22(23)25)17-20-12-14-21(28-2)15-13-20/h3-15H,1,16-17H2,2H3. The molecule has 0 spiro atoms. The number of amides is 1. The van der Waals surface area contributed by atoms with Crippen molar-refractivity contribution < 1.29 is 9.53 Å². The zero-order valence-corrected chi connectivity index (χ0v) is 17.4. The number of nitrogens with zero attached hydrogens (tertiary/aromatic N) is 1. The van der Waals surface area contributed by atoms with Crippen molar-refractivity contribution in [3.8, 4) is 5.75 Å². The Hall–Kier alpha value is -2.85. The van der Waals surface area contributed by atoms with E-state index in [0.717, 1.165) is 27.0 Å². The molecule has 1 amide bonds. The van der Waals surface area contributed by atoms with Gasteiger partial charge in [-0.05, 0) is 51.3 Å². The molecule has 0 heterocycles. The summed E-state index contributed by atoms with van der Waals surface area (Å²) in [7, 11) is 1.64. The van der Waals surface area contributed by atoms with Crippen LogP contribution in [0.2, 0.25) is 0 Å². The second kappa shape index (κ2) is 9.38. The van der Waals surface area contributed by atoms with Gasteiger partial charge in [-0.1, -0.05) is 61.2 Å². The van der Waals surface area contributed by atoms with E-state index in [-0.39, 0.29) is 5.91 Å². The molecule has 0 atom stereocenters. The normalized spacial score (nSPS) is 10.4. The van der Waals surface area contributed by atoms with Crippen LogP contribution in [0, 0.1) is 0 Å². The van der Waals surface area contributed by atoms with Gasteiger partial charge in [0.25, 0.3) is 5.91 Å². The van der Waals surface area contributed by atoms with Crippen LogP contribution in [0.5, 0.6) is 5.75 Å². The zero-order chi connectivity index (χ0) is 19.9. The van der Waals surface area contributed by atoms with E-state index < -0.39 is 0 Å². The average molecular weight is 436 g/mol. The van der Waals surface area contributed by atoms with Crippen molar-refractivity contribution in [3.63, 3.8) is 0 Å². The van der Waals surface area contributed by atoms with Crippen LogP contribution in [-0.2, 0) is 17.8 Å². The summed E-state index contributed by atoms with van der Waals surface area (Å²) in [6.07, 6.45) is 0.517. The third-order valence-electron chi connectivity index (χ3n) is 4.45. The molecule has 0 fully saturated rings. The average Bonchev–Trinajstić information content (AvgIpc) is 2.73. The highest BCUT2D eigenvalue weighted by atomic mass is 79.9. The number of para-hydroxylation sites is 1. The van der Waals surface area contributed by atoms with Crippen LogP contribution in [0.3, 0.4) is 0 Å². The first-order valence-corrected chi connectivity index (χ1v) is 9.79. The summed E-state index contributed by atoms with van der Waals surface area (Å²) in [5.41, 5.74) is 3.45. The van der Waals surface area contributed by atoms with Crippen molar-refractivity contribution in [1.29, 1.82) is 0 Å². The van der Waals surface area contributed by atoms with Crippen molar-refractivity contribution in [2.24, 2.45) is 0 Å². The van der Waals surface area contributed by atoms with Gasteiger partial charge in [0, 0.05) is 16.5 Å². The number of hydrogen-bond donors (Lipinski definition) is 0. The van der Waals surface area contributed by atoms with Crippen LogP contribution in [0.1, 0.15) is 11.1 Å². The summed E-state index contributed by atoms with van der Waals surface area (Å²) < 4.78 is 6.09. The van der Waals surface area contributed by atoms with E-state index in [1.165, 1.54) is 0 Å². The zero-order valence-electron chi connectivity index (χ0n) is 15.8. The van der Waals surface area contributed by atoms with E-state index in [1.54, 1.807) is 12.0 Å². The minimum absolute atomic E-state index is 0.0911. The molecule has 3 nitrogen and oxygen atoms in total. The van der Waals surface area contributed by atoms with E-state index in [1.807, 2.05) is 78.9 Å². The molecule has 0 aromatic heterocycles. The summed E-state index contributed by atoms with van der Waals surface area (Å²) in [5, 5.41) is 0. The Morgan fingerprint density at radius 1 is 0.929 bits per heavy atom. The van der Waals surface area contributed by atoms with Crippen molar-refractivity contribution in [3.05, 3.63) is 107 Å². The molecule has 0 saturated heterocycles. The van der Waals surface area contributed by atoms with Crippen molar-refractivity contribution >= 4 is 27.5 Å². The number of carbonyl (C=O) groups excluding carboxylic acids is 1. The van der Waals surface area contributed by atoms with Crippen LogP contribution in [-0.4, -0.2) is 13.0 Å². The second-order valence-corrected chi connectivity index (χ2v) is 7.31. The first-order valence-electron chi connectivity index (χ1n) is 8.99. The van der Waals surface area contributed by atoms with E-state index in [0.29, 0.717) is 18.5 Å². The number of hydrogen-bond acceptors (Lipinski definition) is 2. The summed E-state index contributed by atoms with van der Waals surface area (Å²) in [6, 6.07) is 25.4. The van der Waals surface area contributed by atoms with Crippen molar-refractivity contribution in [2.45, 2.75) is 13.0 Å². The molecule has 4 heteroatoms. The van der Waals surface area contributed by atoms with E-state index in [9.17, 15) is 4.79 Å². The van der Waals surface area contributed by atoms with Crippen molar-refractivity contribution in [1.82, 2.24) is 0 Å². The van der Waals surface area contributed by atoms with Crippen LogP contribution in [0.25, 0.3) is 0 Å². The van der Waals surface area contributed by atoms with Crippen LogP contribution >= 0.6 is 15.9 Å². The molecule has 142 valence electrons. The molecule has 0 unspecified atom stereocenters. The number of halogens is 1. The van der Waals surface area contributed by atoms with Gasteiger partial charge in [0.2, 0.25) is 0 Å². The number of carbonyl (C=O) groups is 1. The first-order chi connectivity index (χ1) is 13.6. The number of methoxy groups -OCH3 is 1. The highest BCUT2D eigenvalue weighted by Crippen LogP contribution is 2.29. The maximum absolute atomic E-state index is 13.3. The fourth-order valence-electron chi connectivity index (χ4n) is 2.96. The Balaban J connectivity index is 1.87. The number of benzene rings is 3. The third-order valence-corrected chi connectivity index (χ3v) is 5.12. The molecular formula is C24H22BrNO2. The Morgan fingerprint density at radius 3 is 2.21 bits per heavy atom. The molecule has 3 aromatic rings. The quantitative estimate of drug-likeness (QED) is 0.439. The van der Waals surface area contributed by atoms with Gasteiger partial charge < -0.3 is 9.64 Å². The molecule has 0 N–H and O–H groups in total. The monoisotopic (exact) mass is 435 g/mol. The maximum Gasteiger partial charge on any atom is 0.254 e. The van der Waals surface area contributed by atoms with Gasteiger partial charge >= 0.3 is 0 Å². The number of rotatable bonds is 7. The molecule has 0 bridgehead atoms. The molecule has 0 aliphatic rings. The maximum atomic E-state index is 13.3. The summed E-state index contributed by atoms with van der Waals surface area (Å²) >= 11 is 3.57. The molecular weight excluding hydrogens is 414 g/mol. The van der Waals surface area contributed by atoms with Crippen LogP contribution in [0.15, 0.2) is 95.5 Å². The highest BCUT2D eigenvalue weighted by Gasteiger charge is 2.21. The lowest BCUT2D eigenvalue weighted by Crippen LogP contribution is -2.32. The lowest BCUT2D eigenvalue weighted by Gasteiger charge is -2.25. The van der Waals surface area contributed by atoms with Gasteiger partial charge in [0.15, 0.2) is 0 Å². The van der Waals surface area contributed by atoms with Gasteiger partial charge in [-0.2, -0.15) is 0 Å². The van der Waals surface area contributed by atoms with Crippen molar-refractivity contribution in [2.75, 3.05) is 12.0 Å². The van der Waals surface area contributed by atoms with E-state index in [2.05, 4.69) is 22.5 Å². The van der Waals surface area contributed by atoms with Gasteiger partial charge in [0.1, 0.15) is 5.75 Å². The van der Waals surface area contributed by atoms with Gasteiger partial charge in [-0.25, -0.2) is 0 Å². The Bertz CT molecular complexity index is 952. The topological polar surface area (TPSA) is 29.5 Å². The fourth-order valence-corrected chi connectivity index (χ4v) is 3.46. The molecule has 3 rings (SSSR count). The summed E-state index contributed by atoms with van der Waals surface area (Å²) in [6.45, 7) is 4.51. The molecule has 0 aliphatic carbocycles. The van der Waals surface area contributed by atoms with Gasteiger partial charge in [0.05, 0.1) is 19.3 Å².